The van der Waals surface area contributed by atoms with Gasteiger partial charge in [-0.2, -0.15) is 12.6 Å². The van der Waals surface area contributed by atoms with Gasteiger partial charge in [0.25, 0.3) is 0 Å². The van der Waals surface area contributed by atoms with Gasteiger partial charge in [0.1, 0.15) is 12.0 Å². The maximum absolute atomic E-state index is 11.2. The number of aldehydes is 1. The third-order valence-electron chi connectivity index (χ3n) is 3.32. The molecule has 0 heterocycles. The maximum atomic E-state index is 11.2. The summed E-state index contributed by atoms with van der Waals surface area (Å²) in [6, 6.07) is 12.9. The molecule has 2 nitrogen and oxygen atoms in total. The van der Waals surface area contributed by atoms with Crippen molar-refractivity contribution in [1.82, 2.24) is 0 Å². The van der Waals surface area contributed by atoms with Gasteiger partial charge in [0.15, 0.2) is 0 Å². The Kier molecular flexibility index (Phi) is 4.41. The fraction of sp³-hybridized carbons (Fsp3) is 0.188. The van der Waals surface area contributed by atoms with Gasteiger partial charge in [-0.25, -0.2) is 0 Å². The van der Waals surface area contributed by atoms with E-state index in [0.29, 0.717) is 10.6 Å². The highest BCUT2D eigenvalue weighted by molar-refractivity contribution is 7.81. The summed E-state index contributed by atoms with van der Waals surface area (Å²) in [7, 11) is 1.62. The minimum atomic E-state index is -0.590. The molecule has 2 aromatic rings. The lowest BCUT2D eigenvalue weighted by Gasteiger charge is -2.26. The molecule has 2 aromatic carbocycles. The quantitative estimate of drug-likeness (QED) is 0.671. The fourth-order valence-electron chi connectivity index (χ4n) is 2.15. The zero-order valence-corrected chi connectivity index (χ0v) is 12.9. The molecule has 0 radical (unpaired) electrons. The number of thiol groups is 1. The molecule has 0 spiro atoms. The van der Waals surface area contributed by atoms with E-state index in [1.807, 2.05) is 37.3 Å². The number of methoxy groups -OCH3 is 1. The maximum Gasteiger partial charge on any atom is 0.150 e. The van der Waals surface area contributed by atoms with Gasteiger partial charge in [0.05, 0.1) is 11.9 Å². The number of carbonyl (C=O) groups excluding carboxylic acids is 1. The number of hydrogen-bond acceptors (Lipinski definition) is 3. The first-order valence-electron chi connectivity index (χ1n) is 6.11. The Labute approximate surface area is 129 Å². The van der Waals surface area contributed by atoms with Gasteiger partial charge in [0, 0.05) is 10.6 Å². The molecular weight excluding hydrogens is 292 g/mol. The normalized spacial score (nSPS) is 13.6. The van der Waals surface area contributed by atoms with Gasteiger partial charge in [-0.05, 0) is 42.3 Å². The second kappa shape index (κ2) is 5.90. The van der Waals surface area contributed by atoms with Crippen molar-refractivity contribution >= 4 is 30.5 Å². The number of hydrogen-bond donors (Lipinski definition) is 1. The Bertz CT molecular complexity index is 621. The fourth-order valence-corrected chi connectivity index (χ4v) is 2.68. The molecule has 20 heavy (non-hydrogen) atoms. The van der Waals surface area contributed by atoms with E-state index in [2.05, 4.69) is 0 Å². The lowest BCUT2D eigenvalue weighted by atomic mass is 9.89. The van der Waals surface area contributed by atoms with Crippen LogP contribution in [-0.4, -0.2) is 13.4 Å². The first-order chi connectivity index (χ1) is 9.48. The van der Waals surface area contributed by atoms with E-state index in [4.69, 9.17) is 29.0 Å². The van der Waals surface area contributed by atoms with Crippen molar-refractivity contribution < 1.29 is 9.53 Å². The van der Waals surface area contributed by atoms with Crippen LogP contribution in [0.5, 0.6) is 5.75 Å². The smallest absolute Gasteiger partial charge is 0.150 e. The Morgan fingerprint density at radius 3 is 2.40 bits per heavy atom. The zero-order chi connectivity index (χ0) is 14.8. The van der Waals surface area contributed by atoms with Gasteiger partial charge >= 0.3 is 0 Å². The van der Waals surface area contributed by atoms with Crippen molar-refractivity contribution in [3.8, 4) is 5.75 Å². The largest absolute Gasteiger partial charge is 0.497 e. The van der Waals surface area contributed by atoms with Crippen molar-refractivity contribution in [3.63, 3.8) is 0 Å². The van der Waals surface area contributed by atoms with E-state index in [0.717, 1.165) is 23.2 Å². The van der Waals surface area contributed by atoms with Gasteiger partial charge in [-0.1, -0.05) is 29.8 Å². The minimum absolute atomic E-state index is 0.537. The van der Waals surface area contributed by atoms with E-state index >= 15 is 0 Å². The summed E-state index contributed by atoms with van der Waals surface area (Å²) in [5.74, 6) is 0.782. The van der Waals surface area contributed by atoms with Crippen LogP contribution >= 0.6 is 24.2 Å². The molecule has 0 amide bonds. The van der Waals surface area contributed by atoms with Crippen LogP contribution in [0.25, 0.3) is 0 Å². The van der Waals surface area contributed by atoms with Crippen molar-refractivity contribution in [3.05, 3.63) is 64.2 Å². The Morgan fingerprint density at radius 1 is 1.20 bits per heavy atom. The summed E-state index contributed by atoms with van der Waals surface area (Å²) >= 11 is 10.7. The molecule has 0 saturated carbocycles. The molecule has 2 rings (SSSR count). The monoisotopic (exact) mass is 306 g/mol. The molecule has 1 unspecified atom stereocenters. The molecule has 0 N–H and O–H groups in total. The van der Waals surface area contributed by atoms with E-state index in [1.165, 1.54) is 0 Å². The third kappa shape index (κ3) is 2.84. The van der Waals surface area contributed by atoms with Crippen molar-refractivity contribution in [2.75, 3.05) is 7.11 Å². The molecule has 0 aliphatic heterocycles. The second-order valence-electron chi connectivity index (χ2n) is 4.65. The van der Waals surface area contributed by atoms with Crippen LogP contribution in [0, 0.1) is 0 Å². The molecule has 0 saturated heterocycles. The van der Waals surface area contributed by atoms with Crippen LogP contribution in [0.2, 0.25) is 5.02 Å². The predicted molar refractivity (Wildman–Crippen MR) is 85.3 cm³/mol. The van der Waals surface area contributed by atoms with E-state index in [-0.39, 0.29) is 0 Å². The first kappa shape index (κ1) is 14.9. The van der Waals surface area contributed by atoms with Crippen molar-refractivity contribution in [2.45, 2.75) is 11.7 Å². The zero-order valence-electron chi connectivity index (χ0n) is 11.3. The number of benzene rings is 2. The average molecular weight is 307 g/mol. The topological polar surface area (TPSA) is 26.3 Å². The summed E-state index contributed by atoms with van der Waals surface area (Å²) in [6.07, 6.45) is 0.805. The summed E-state index contributed by atoms with van der Waals surface area (Å²) in [5, 5.41) is 0.537. The summed E-state index contributed by atoms with van der Waals surface area (Å²) < 4.78 is 4.56. The van der Waals surface area contributed by atoms with Crippen molar-refractivity contribution in [2.24, 2.45) is 0 Å². The molecule has 0 bridgehead atoms. The Morgan fingerprint density at radius 2 is 1.85 bits per heavy atom. The molecule has 104 valence electrons. The molecule has 1 atom stereocenters. The lowest BCUT2D eigenvalue weighted by molar-refractivity contribution is 0.112. The SMILES string of the molecule is COc1ccc(C(C)(S)c2ccc(Cl)cc2C=O)cc1. The van der Waals surface area contributed by atoms with Crippen LogP contribution in [0.15, 0.2) is 42.5 Å². The highest BCUT2D eigenvalue weighted by atomic mass is 35.5. The summed E-state index contributed by atoms with van der Waals surface area (Å²) in [6.45, 7) is 1.95. The van der Waals surface area contributed by atoms with Gasteiger partial charge in [-0.3, -0.25) is 4.79 Å². The predicted octanol–water partition coefficient (Wildman–Crippen LogP) is 4.35. The van der Waals surface area contributed by atoms with Crippen LogP contribution in [0.4, 0.5) is 0 Å². The Balaban J connectivity index is 2.50. The number of rotatable bonds is 4. The number of halogens is 1. The number of ether oxygens (including phenoxy) is 1. The summed E-state index contributed by atoms with van der Waals surface area (Å²) in [4.78, 5) is 11.2. The molecule has 0 fully saturated rings. The van der Waals surface area contributed by atoms with E-state index in [1.54, 1.807) is 19.2 Å². The van der Waals surface area contributed by atoms with Crippen LogP contribution in [0.3, 0.4) is 0 Å². The van der Waals surface area contributed by atoms with Crippen molar-refractivity contribution in [1.29, 1.82) is 0 Å². The van der Waals surface area contributed by atoms with Gasteiger partial charge in [0.2, 0.25) is 0 Å². The molecule has 0 aliphatic carbocycles. The van der Waals surface area contributed by atoms with E-state index < -0.39 is 4.75 Å². The lowest BCUT2D eigenvalue weighted by Crippen LogP contribution is -2.18. The third-order valence-corrected chi connectivity index (χ3v) is 4.05. The van der Waals surface area contributed by atoms with Crippen LogP contribution < -0.4 is 4.74 Å². The minimum Gasteiger partial charge on any atom is -0.497 e. The number of carbonyl (C=O) groups is 1. The Hall–Kier alpha value is -1.45. The van der Waals surface area contributed by atoms with Gasteiger partial charge in [-0.15, -0.1) is 0 Å². The summed E-state index contributed by atoms with van der Waals surface area (Å²) in [5.41, 5.74) is 2.35. The van der Waals surface area contributed by atoms with Crippen LogP contribution in [-0.2, 0) is 4.75 Å². The van der Waals surface area contributed by atoms with Gasteiger partial charge < -0.3 is 4.74 Å². The second-order valence-corrected chi connectivity index (χ2v) is 5.98. The average Bonchev–Trinajstić information content (AvgIpc) is 2.46. The van der Waals surface area contributed by atoms with Crippen LogP contribution in [0.1, 0.15) is 28.4 Å². The molecule has 0 aliphatic rings. The molecular formula is C16H15ClO2S. The highest BCUT2D eigenvalue weighted by Gasteiger charge is 2.27. The highest BCUT2D eigenvalue weighted by Crippen LogP contribution is 2.38. The molecule has 4 heteroatoms. The van der Waals surface area contributed by atoms with E-state index in [9.17, 15) is 4.79 Å². The standard InChI is InChI=1S/C16H15ClO2S/c1-16(20,12-3-6-14(19-2)7-4-12)15-8-5-13(17)9-11(15)10-18/h3-10,20H,1-2H3. The molecule has 0 aromatic heterocycles. The first-order valence-corrected chi connectivity index (χ1v) is 6.93.